The van der Waals surface area contributed by atoms with Crippen molar-refractivity contribution in [3.63, 3.8) is 0 Å². The maximum Gasteiger partial charge on any atom is 0.244 e. The molecule has 0 aliphatic carbocycles. The van der Waals surface area contributed by atoms with E-state index in [0.717, 1.165) is 0 Å². The van der Waals surface area contributed by atoms with Gasteiger partial charge in [0.25, 0.3) is 0 Å². The van der Waals surface area contributed by atoms with E-state index in [1.807, 2.05) is 0 Å². The number of nitrogens with one attached hydrogen (secondary N) is 3. The van der Waals surface area contributed by atoms with E-state index >= 15 is 0 Å². The molecule has 11 nitrogen and oxygen atoms in total. The highest BCUT2D eigenvalue weighted by atomic mass is 35.5. The molecule has 0 saturated carbocycles. The fraction of sp³-hybridized carbons (Fsp3) is 0.409. The van der Waals surface area contributed by atoms with Gasteiger partial charge in [-0.2, -0.15) is 5.10 Å². The van der Waals surface area contributed by atoms with Crippen LogP contribution in [0.5, 0.6) is 5.75 Å². The minimum absolute atomic E-state index is 0.0746. The Bertz CT molecular complexity index is 1320. The number of imidazole rings is 1. The smallest absolute Gasteiger partial charge is 0.244 e. The summed E-state index contributed by atoms with van der Waals surface area (Å²) in [7, 11) is -2.62. The molecule has 1 aromatic carbocycles. The summed E-state index contributed by atoms with van der Waals surface area (Å²) in [5.74, 6) is 0.0273. The number of halogens is 1. The molecule has 13 heteroatoms. The number of carbonyl (C=O) groups excluding carboxylic acids is 1. The van der Waals surface area contributed by atoms with Gasteiger partial charge in [0.15, 0.2) is 10.8 Å². The number of benzene rings is 1. The van der Waals surface area contributed by atoms with Gasteiger partial charge in [-0.1, -0.05) is 18.5 Å². The van der Waals surface area contributed by atoms with Crippen molar-refractivity contribution < 1.29 is 23.1 Å². The zero-order valence-electron chi connectivity index (χ0n) is 19.9. The minimum Gasteiger partial charge on any atom is -0.495 e. The zero-order valence-corrected chi connectivity index (χ0v) is 21.5. The van der Waals surface area contributed by atoms with Crippen LogP contribution in [0.2, 0.25) is 5.15 Å². The van der Waals surface area contributed by atoms with Gasteiger partial charge in [0.05, 0.1) is 30.8 Å². The molecule has 3 aromatic rings. The normalized spacial score (nSPS) is 12.5. The number of aromatic nitrogens is 3. The summed E-state index contributed by atoms with van der Waals surface area (Å²) in [6.07, 6.45) is 0.421. The molecular formula is C22H29ClN6O5S. The molecule has 0 radical (unpaired) electrons. The molecule has 2 heterocycles. The van der Waals surface area contributed by atoms with Crippen LogP contribution in [0.4, 0.5) is 5.69 Å². The molecular weight excluding hydrogens is 496 g/mol. The van der Waals surface area contributed by atoms with Crippen LogP contribution >= 0.6 is 11.6 Å². The highest BCUT2D eigenvalue weighted by Crippen LogP contribution is 2.33. The first-order chi connectivity index (χ1) is 16.6. The first-order valence-electron chi connectivity index (χ1n) is 11.0. The SMILES string of the molecule is CC[C@H](CO)NS(=O)(=O)c1cc(-c2c(C)nc3c(NCCNC(C)=O)cc(Cl)nn23)ccc1OC. The van der Waals surface area contributed by atoms with Crippen LogP contribution in [0.1, 0.15) is 26.0 Å². The summed E-state index contributed by atoms with van der Waals surface area (Å²) >= 11 is 6.28. The molecule has 190 valence electrons. The van der Waals surface area contributed by atoms with Crippen LogP contribution < -0.4 is 20.1 Å². The van der Waals surface area contributed by atoms with E-state index in [1.165, 1.54) is 20.1 Å². The Hall–Kier alpha value is -2.93. The molecule has 3 rings (SSSR count). The van der Waals surface area contributed by atoms with Crippen LogP contribution in [0.3, 0.4) is 0 Å². The van der Waals surface area contributed by atoms with Gasteiger partial charge in [-0.15, -0.1) is 0 Å². The Labute approximate surface area is 208 Å². The lowest BCUT2D eigenvalue weighted by Gasteiger charge is -2.17. The fourth-order valence-electron chi connectivity index (χ4n) is 3.56. The number of carbonyl (C=O) groups is 1. The third kappa shape index (κ3) is 6.01. The Balaban J connectivity index is 2.08. The van der Waals surface area contributed by atoms with Gasteiger partial charge in [0.2, 0.25) is 15.9 Å². The molecule has 4 N–H and O–H groups in total. The van der Waals surface area contributed by atoms with Gasteiger partial charge >= 0.3 is 0 Å². The maximum atomic E-state index is 13.1. The van der Waals surface area contributed by atoms with Gasteiger partial charge in [-0.05, 0) is 31.5 Å². The lowest BCUT2D eigenvalue weighted by Crippen LogP contribution is -2.37. The van der Waals surface area contributed by atoms with Crippen LogP contribution in [0.15, 0.2) is 29.2 Å². The average molecular weight is 525 g/mol. The van der Waals surface area contributed by atoms with Crippen molar-refractivity contribution >= 4 is 38.9 Å². The highest BCUT2D eigenvalue weighted by Gasteiger charge is 2.25. The van der Waals surface area contributed by atoms with Crippen molar-refractivity contribution in [3.05, 3.63) is 35.1 Å². The van der Waals surface area contributed by atoms with Crippen molar-refractivity contribution in [2.24, 2.45) is 0 Å². The molecule has 0 aliphatic heterocycles. The predicted octanol–water partition coefficient (Wildman–Crippen LogP) is 1.96. The summed E-state index contributed by atoms with van der Waals surface area (Å²) in [5, 5.41) is 19.9. The number of fused-ring (bicyclic) bond motifs is 1. The zero-order chi connectivity index (χ0) is 25.8. The predicted molar refractivity (Wildman–Crippen MR) is 133 cm³/mol. The van der Waals surface area contributed by atoms with Crippen molar-refractivity contribution in [1.82, 2.24) is 24.6 Å². The molecule has 0 aliphatic rings. The van der Waals surface area contributed by atoms with E-state index in [1.54, 1.807) is 36.6 Å². The number of hydrogen-bond acceptors (Lipinski definition) is 8. The van der Waals surface area contributed by atoms with Crippen LogP contribution in [-0.4, -0.2) is 66.9 Å². The maximum absolute atomic E-state index is 13.1. The summed E-state index contributed by atoms with van der Waals surface area (Å²) < 4.78 is 35.6. The largest absolute Gasteiger partial charge is 0.495 e. The second kappa shape index (κ2) is 11.2. The number of rotatable bonds is 11. The molecule has 1 amide bonds. The van der Waals surface area contributed by atoms with Crippen molar-refractivity contribution in [1.29, 1.82) is 0 Å². The van der Waals surface area contributed by atoms with Gasteiger partial charge < -0.3 is 20.5 Å². The summed E-state index contributed by atoms with van der Waals surface area (Å²) in [6.45, 7) is 5.52. The number of amides is 1. The molecule has 35 heavy (non-hydrogen) atoms. The van der Waals surface area contributed by atoms with E-state index in [2.05, 4.69) is 25.4 Å². The number of anilines is 1. The lowest BCUT2D eigenvalue weighted by atomic mass is 10.1. The van der Waals surface area contributed by atoms with Crippen molar-refractivity contribution in [2.75, 3.05) is 32.1 Å². The van der Waals surface area contributed by atoms with E-state index < -0.39 is 16.1 Å². The van der Waals surface area contributed by atoms with Gasteiger partial charge in [0.1, 0.15) is 10.6 Å². The topological polar surface area (TPSA) is 147 Å². The first kappa shape index (κ1) is 26.7. The van der Waals surface area contributed by atoms with Crippen LogP contribution in [0, 0.1) is 6.92 Å². The van der Waals surface area contributed by atoms with Crippen LogP contribution in [-0.2, 0) is 14.8 Å². The Morgan fingerprint density at radius 1 is 1.29 bits per heavy atom. The lowest BCUT2D eigenvalue weighted by molar-refractivity contribution is -0.118. The Morgan fingerprint density at radius 2 is 2.03 bits per heavy atom. The number of aliphatic hydroxyl groups is 1. The third-order valence-corrected chi connectivity index (χ3v) is 7.03. The number of aliphatic hydroxyl groups excluding tert-OH is 1. The minimum atomic E-state index is -4.00. The number of methoxy groups -OCH3 is 1. The summed E-state index contributed by atoms with van der Waals surface area (Å²) in [6, 6.07) is 5.75. The number of nitrogens with zero attached hydrogens (tertiary/aromatic N) is 3. The van der Waals surface area contributed by atoms with Gasteiger partial charge in [-0.3, -0.25) is 4.79 Å². The summed E-state index contributed by atoms with van der Waals surface area (Å²) in [4.78, 5) is 15.7. The van der Waals surface area contributed by atoms with E-state index in [9.17, 15) is 18.3 Å². The monoisotopic (exact) mass is 524 g/mol. The standard InChI is InChI=1S/C22H29ClN6O5S/c1-5-16(12-30)28-35(32,33)19-10-15(6-7-18(19)34-4)21-13(2)26-22-17(11-20(23)27-29(21)22)25-9-8-24-14(3)31/h6-7,10-11,16,25,28,30H,5,8-9,12H2,1-4H3,(H,24,31)/t16-/m1/s1. The van der Waals surface area contributed by atoms with Crippen molar-refractivity contribution in [2.45, 2.75) is 38.1 Å². The van der Waals surface area contributed by atoms with E-state index in [4.69, 9.17) is 16.3 Å². The highest BCUT2D eigenvalue weighted by molar-refractivity contribution is 7.89. The molecule has 0 unspecified atom stereocenters. The number of ether oxygens (including phenoxy) is 1. The molecule has 0 bridgehead atoms. The van der Waals surface area contributed by atoms with Gasteiger partial charge in [-0.25, -0.2) is 22.6 Å². The van der Waals surface area contributed by atoms with Gasteiger partial charge in [0, 0.05) is 37.7 Å². The molecule has 0 saturated heterocycles. The van der Waals surface area contributed by atoms with Crippen LogP contribution in [0.25, 0.3) is 16.9 Å². The summed E-state index contributed by atoms with van der Waals surface area (Å²) in [5.41, 5.74) is 2.80. The van der Waals surface area contributed by atoms with E-state index in [0.29, 0.717) is 47.8 Å². The molecule has 2 aromatic heterocycles. The van der Waals surface area contributed by atoms with Crippen molar-refractivity contribution in [3.8, 4) is 17.0 Å². The van der Waals surface area contributed by atoms with E-state index in [-0.39, 0.29) is 28.3 Å². The quantitative estimate of drug-likeness (QED) is 0.278. The Kier molecular flexibility index (Phi) is 8.54. The third-order valence-electron chi connectivity index (χ3n) is 5.30. The average Bonchev–Trinajstić information content (AvgIpc) is 3.15. The second-order valence-electron chi connectivity index (χ2n) is 7.85. The number of aryl methyl sites for hydroxylation is 1. The molecule has 1 atom stereocenters. The number of hydrogen-bond donors (Lipinski definition) is 4. The first-order valence-corrected chi connectivity index (χ1v) is 12.8. The molecule has 0 spiro atoms. The second-order valence-corrected chi connectivity index (χ2v) is 9.92. The molecule has 0 fully saturated rings. The fourth-order valence-corrected chi connectivity index (χ4v) is 5.25. The number of sulfonamides is 1. The Morgan fingerprint density at radius 3 is 2.66 bits per heavy atom.